The highest BCUT2D eigenvalue weighted by atomic mass is 19.3. The van der Waals surface area contributed by atoms with E-state index in [9.17, 15) is 18.4 Å². The van der Waals surface area contributed by atoms with E-state index in [4.69, 9.17) is 0 Å². The van der Waals surface area contributed by atoms with Crippen molar-refractivity contribution in [3.8, 4) is 0 Å². The molecule has 126 valence electrons. The summed E-state index contributed by atoms with van der Waals surface area (Å²) in [5.41, 5.74) is -0.350. The van der Waals surface area contributed by atoms with Crippen LogP contribution in [-0.2, 0) is 9.59 Å². The van der Waals surface area contributed by atoms with Gasteiger partial charge in [0.25, 0.3) is 5.92 Å². The molecule has 0 heterocycles. The summed E-state index contributed by atoms with van der Waals surface area (Å²) in [6.07, 6.45) is 4.94. The average molecular weight is 322 g/mol. The van der Waals surface area contributed by atoms with Crippen molar-refractivity contribution in [3.05, 3.63) is 11.6 Å². The van der Waals surface area contributed by atoms with Gasteiger partial charge in [0.1, 0.15) is 5.78 Å². The molecule has 0 aromatic rings. The van der Waals surface area contributed by atoms with Crippen molar-refractivity contribution in [3.63, 3.8) is 0 Å². The summed E-state index contributed by atoms with van der Waals surface area (Å²) in [4.78, 5) is 24.7. The van der Waals surface area contributed by atoms with Crippen molar-refractivity contribution in [2.24, 2.45) is 28.6 Å². The zero-order valence-electron chi connectivity index (χ0n) is 13.8. The molecule has 0 amide bonds. The lowest BCUT2D eigenvalue weighted by molar-refractivity contribution is -0.168. The third kappa shape index (κ3) is 1.84. The summed E-state index contributed by atoms with van der Waals surface area (Å²) < 4.78 is 28.9. The molecule has 4 heteroatoms. The molecule has 0 spiro atoms. The van der Waals surface area contributed by atoms with Crippen molar-refractivity contribution in [1.29, 1.82) is 0 Å². The molecule has 0 aliphatic heterocycles. The van der Waals surface area contributed by atoms with Gasteiger partial charge in [-0.1, -0.05) is 19.4 Å². The van der Waals surface area contributed by atoms with Crippen LogP contribution >= 0.6 is 0 Å². The lowest BCUT2D eigenvalue weighted by Gasteiger charge is -2.56. The van der Waals surface area contributed by atoms with Crippen molar-refractivity contribution in [1.82, 2.24) is 0 Å². The molecule has 0 saturated heterocycles. The van der Waals surface area contributed by atoms with Gasteiger partial charge in [-0.05, 0) is 49.0 Å². The molecule has 2 nitrogen and oxygen atoms in total. The molecule has 3 saturated carbocycles. The molecule has 5 atom stereocenters. The SMILES string of the molecule is C[C@]12CCC(=O)C=C1CC[C@@H]1[C@@H]2C(=O)C[C@@]2(C)[C@H]1CCC2(F)F. The number of rotatable bonds is 0. The van der Waals surface area contributed by atoms with Crippen LogP contribution in [0.15, 0.2) is 11.6 Å². The predicted molar refractivity (Wildman–Crippen MR) is 82.0 cm³/mol. The van der Waals surface area contributed by atoms with E-state index >= 15 is 0 Å². The minimum absolute atomic E-state index is 0.00263. The van der Waals surface area contributed by atoms with E-state index in [1.807, 2.05) is 0 Å². The molecular formula is C19H24F2O2. The van der Waals surface area contributed by atoms with Gasteiger partial charge in [0.2, 0.25) is 0 Å². The van der Waals surface area contributed by atoms with Crippen molar-refractivity contribution in [2.75, 3.05) is 0 Å². The van der Waals surface area contributed by atoms with E-state index in [1.54, 1.807) is 13.0 Å². The number of halogens is 2. The van der Waals surface area contributed by atoms with E-state index in [2.05, 4.69) is 6.92 Å². The monoisotopic (exact) mass is 322 g/mol. The molecule has 0 aromatic carbocycles. The highest BCUT2D eigenvalue weighted by molar-refractivity contribution is 5.93. The fourth-order valence-electron chi connectivity index (χ4n) is 6.31. The summed E-state index contributed by atoms with van der Waals surface area (Å²) in [6, 6.07) is 0. The molecule has 4 aliphatic rings. The zero-order valence-corrected chi connectivity index (χ0v) is 13.8. The van der Waals surface area contributed by atoms with Gasteiger partial charge < -0.3 is 0 Å². The summed E-state index contributed by atoms with van der Waals surface area (Å²) >= 11 is 0. The van der Waals surface area contributed by atoms with Gasteiger partial charge in [-0.25, -0.2) is 8.78 Å². The first-order valence-corrected chi connectivity index (χ1v) is 8.83. The number of alkyl halides is 2. The van der Waals surface area contributed by atoms with Crippen LogP contribution in [0.5, 0.6) is 0 Å². The highest BCUT2D eigenvalue weighted by Crippen LogP contribution is 2.67. The standard InChI is InChI=1S/C19H24F2O2/c1-17-7-5-12(22)9-11(17)3-4-13-14-6-8-19(20,21)18(14,2)10-15(23)16(13)17/h9,13-14,16H,3-8,10H2,1-2H3/t13-,14-,16+,17-,18-/m0/s1. The van der Waals surface area contributed by atoms with Crippen LogP contribution in [-0.4, -0.2) is 17.5 Å². The molecule has 0 radical (unpaired) electrons. The highest BCUT2D eigenvalue weighted by Gasteiger charge is 2.68. The van der Waals surface area contributed by atoms with Gasteiger partial charge in [0, 0.05) is 30.6 Å². The lowest BCUT2D eigenvalue weighted by Crippen LogP contribution is -2.56. The summed E-state index contributed by atoms with van der Waals surface area (Å²) in [6.45, 7) is 3.73. The Bertz CT molecular complexity index is 623. The van der Waals surface area contributed by atoms with E-state index in [0.717, 1.165) is 18.4 Å². The normalized spacial score (nSPS) is 48.3. The van der Waals surface area contributed by atoms with Crippen molar-refractivity contribution < 1.29 is 18.4 Å². The number of hydrogen-bond donors (Lipinski definition) is 0. The maximum Gasteiger partial charge on any atom is 0.254 e. The Labute approximate surface area is 135 Å². The number of Topliss-reactive ketones (excluding diaryl/α,β-unsaturated/α-hetero) is 1. The number of ketones is 2. The fraction of sp³-hybridized carbons (Fsp3) is 0.789. The maximum atomic E-state index is 14.5. The number of fused-ring (bicyclic) bond motifs is 5. The second-order valence-corrected chi connectivity index (χ2v) is 8.64. The Morgan fingerprint density at radius 1 is 1.09 bits per heavy atom. The molecule has 4 aliphatic carbocycles. The fourth-order valence-corrected chi connectivity index (χ4v) is 6.31. The van der Waals surface area contributed by atoms with Gasteiger partial charge in [-0.15, -0.1) is 0 Å². The van der Waals surface area contributed by atoms with E-state index in [-0.39, 0.29) is 47.6 Å². The number of carbonyl (C=O) groups excluding carboxylic acids is 2. The Hall–Kier alpha value is -1.06. The van der Waals surface area contributed by atoms with Gasteiger partial charge >= 0.3 is 0 Å². The van der Waals surface area contributed by atoms with Crippen molar-refractivity contribution >= 4 is 11.6 Å². The quantitative estimate of drug-likeness (QED) is 0.665. The number of carbonyl (C=O) groups is 2. The summed E-state index contributed by atoms with van der Waals surface area (Å²) in [5, 5.41) is 0. The van der Waals surface area contributed by atoms with Crippen LogP contribution in [0.2, 0.25) is 0 Å². The third-order valence-corrected chi connectivity index (χ3v) is 7.65. The van der Waals surface area contributed by atoms with Crippen LogP contribution in [0.3, 0.4) is 0 Å². The summed E-state index contributed by atoms with van der Waals surface area (Å²) in [5.74, 6) is -2.73. The average Bonchev–Trinajstić information content (AvgIpc) is 2.69. The topological polar surface area (TPSA) is 34.1 Å². The van der Waals surface area contributed by atoms with E-state index in [0.29, 0.717) is 19.3 Å². The lowest BCUT2D eigenvalue weighted by atomic mass is 9.47. The van der Waals surface area contributed by atoms with E-state index < -0.39 is 11.3 Å². The van der Waals surface area contributed by atoms with Crippen LogP contribution in [0.1, 0.15) is 58.8 Å². The number of hydrogen-bond acceptors (Lipinski definition) is 2. The molecule has 0 bridgehead atoms. The Morgan fingerprint density at radius 3 is 2.57 bits per heavy atom. The van der Waals surface area contributed by atoms with Crippen molar-refractivity contribution in [2.45, 2.75) is 64.7 Å². The van der Waals surface area contributed by atoms with Gasteiger partial charge in [0.05, 0.1) is 0 Å². The Balaban J connectivity index is 1.77. The molecule has 23 heavy (non-hydrogen) atoms. The predicted octanol–water partition coefficient (Wildman–Crippen LogP) is 4.33. The third-order valence-electron chi connectivity index (χ3n) is 7.65. The van der Waals surface area contributed by atoms with Gasteiger partial charge in [-0.2, -0.15) is 0 Å². The largest absolute Gasteiger partial charge is 0.299 e. The van der Waals surface area contributed by atoms with Crippen LogP contribution in [0.4, 0.5) is 8.78 Å². The molecule has 3 fully saturated rings. The van der Waals surface area contributed by atoms with E-state index in [1.165, 1.54) is 0 Å². The first-order valence-electron chi connectivity index (χ1n) is 8.83. The number of allylic oxidation sites excluding steroid dienone is 1. The molecular weight excluding hydrogens is 298 g/mol. The Kier molecular flexibility index (Phi) is 3.04. The molecule has 0 unspecified atom stereocenters. The van der Waals surface area contributed by atoms with Gasteiger partial charge in [0.15, 0.2) is 5.78 Å². The second-order valence-electron chi connectivity index (χ2n) is 8.64. The molecule has 4 rings (SSSR count). The first-order chi connectivity index (χ1) is 10.7. The minimum atomic E-state index is -2.72. The zero-order chi connectivity index (χ0) is 16.6. The molecule has 0 N–H and O–H groups in total. The Morgan fingerprint density at radius 2 is 1.83 bits per heavy atom. The second kappa shape index (κ2) is 4.52. The van der Waals surface area contributed by atoms with Gasteiger partial charge in [-0.3, -0.25) is 9.59 Å². The molecule has 0 aromatic heterocycles. The smallest absolute Gasteiger partial charge is 0.254 e. The maximum absolute atomic E-state index is 14.5. The summed E-state index contributed by atoms with van der Waals surface area (Å²) in [7, 11) is 0. The van der Waals surface area contributed by atoms with Crippen LogP contribution in [0.25, 0.3) is 0 Å². The van der Waals surface area contributed by atoms with Crippen LogP contribution in [0, 0.1) is 28.6 Å². The minimum Gasteiger partial charge on any atom is -0.299 e. The van der Waals surface area contributed by atoms with Crippen LogP contribution < -0.4 is 0 Å². The first kappa shape index (κ1) is 15.5.